The monoisotopic (exact) mass is 264 g/mol. The van der Waals surface area contributed by atoms with Gasteiger partial charge in [0.2, 0.25) is 0 Å². The lowest BCUT2D eigenvalue weighted by molar-refractivity contribution is -0.140. The van der Waals surface area contributed by atoms with E-state index in [0.717, 1.165) is 0 Å². The van der Waals surface area contributed by atoms with Crippen molar-refractivity contribution in [3.8, 4) is 0 Å². The van der Waals surface area contributed by atoms with E-state index in [1.807, 2.05) is 0 Å². The largest absolute Gasteiger partial charge is 0.481 e. The lowest BCUT2D eigenvalue weighted by Crippen LogP contribution is -2.36. The molecule has 1 aromatic rings. The van der Waals surface area contributed by atoms with Crippen LogP contribution in [0.15, 0.2) is 36.4 Å². The fraction of sp³-hybridized carbons (Fsp3) is 0.231. The predicted molar refractivity (Wildman–Crippen MR) is 67.2 cm³/mol. The fourth-order valence-corrected chi connectivity index (χ4v) is 1.86. The molecule has 100 valence electrons. The van der Waals surface area contributed by atoms with Gasteiger partial charge in [0.05, 0.1) is 12.0 Å². The van der Waals surface area contributed by atoms with E-state index in [1.165, 1.54) is 24.3 Å². The third kappa shape index (κ3) is 3.54. The normalized spacial score (nSPS) is 21.1. The highest BCUT2D eigenvalue weighted by Crippen LogP contribution is 2.18. The number of aliphatic carboxylic acids is 1. The summed E-state index contributed by atoms with van der Waals surface area (Å²) < 4.78 is 12.7. The molecule has 2 amide bonds. The van der Waals surface area contributed by atoms with Crippen LogP contribution in [0.4, 0.5) is 14.9 Å². The predicted octanol–water partition coefficient (Wildman–Crippen LogP) is 1.98. The highest BCUT2D eigenvalue weighted by atomic mass is 19.1. The summed E-state index contributed by atoms with van der Waals surface area (Å²) in [4.78, 5) is 22.4. The zero-order chi connectivity index (χ0) is 13.8. The minimum absolute atomic E-state index is 0.304. The molecule has 0 heterocycles. The maximum Gasteiger partial charge on any atom is 0.319 e. The number of rotatable bonds is 3. The summed E-state index contributed by atoms with van der Waals surface area (Å²) in [5.74, 6) is -1.84. The molecular weight excluding hydrogens is 251 g/mol. The van der Waals surface area contributed by atoms with Crippen LogP contribution in [0.3, 0.4) is 0 Å². The Bertz CT molecular complexity index is 513. The molecule has 0 fully saturated rings. The molecule has 0 bridgehead atoms. The molecule has 3 N–H and O–H groups in total. The van der Waals surface area contributed by atoms with Gasteiger partial charge in [0.1, 0.15) is 5.82 Å². The number of carboxylic acid groups (broad SMARTS) is 1. The molecule has 5 nitrogen and oxygen atoms in total. The molecule has 0 saturated carbocycles. The van der Waals surface area contributed by atoms with E-state index in [9.17, 15) is 14.0 Å². The summed E-state index contributed by atoms with van der Waals surface area (Å²) in [6, 6.07) is 4.62. The van der Waals surface area contributed by atoms with Gasteiger partial charge in [-0.15, -0.1) is 0 Å². The quantitative estimate of drug-likeness (QED) is 0.730. The van der Waals surface area contributed by atoms with E-state index < -0.39 is 17.9 Å². The van der Waals surface area contributed by atoms with Crippen LogP contribution in [0.1, 0.15) is 6.42 Å². The molecule has 2 rings (SSSR count). The Labute approximate surface area is 109 Å². The molecule has 2 unspecified atom stereocenters. The number of carbonyl (C=O) groups is 2. The Balaban J connectivity index is 1.84. The van der Waals surface area contributed by atoms with E-state index in [1.54, 1.807) is 12.2 Å². The van der Waals surface area contributed by atoms with Crippen LogP contribution in [0.5, 0.6) is 0 Å². The molecule has 2 atom stereocenters. The summed E-state index contributed by atoms with van der Waals surface area (Å²) in [5.41, 5.74) is 0.468. The summed E-state index contributed by atoms with van der Waals surface area (Å²) in [5, 5.41) is 14.0. The number of halogens is 1. The maximum absolute atomic E-state index is 12.7. The van der Waals surface area contributed by atoms with Gasteiger partial charge in [0, 0.05) is 5.69 Å². The van der Waals surface area contributed by atoms with Crippen molar-refractivity contribution in [3.63, 3.8) is 0 Å². The van der Waals surface area contributed by atoms with Gasteiger partial charge in [0.25, 0.3) is 0 Å². The smallest absolute Gasteiger partial charge is 0.319 e. The first-order valence-corrected chi connectivity index (χ1v) is 5.79. The number of anilines is 1. The number of amides is 2. The number of hydrogen-bond acceptors (Lipinski definition) is 2. The molecule has 0 spiro atoms. The van der Waals surface area contributed by atoms with E-state index in [4.69, 9.17) is 5.11 Å². The molecular formula is C13H13FN2O3. The third-order valence-corrected chi connectivity index (χ3v) is 2.82. The molecule has 0 radical (unpaired) electrons. The molecule has 0 aromatic heterocycles. The number of carbonyl (C=O) groups excluding carboxylic acids is 1. The molecule has 1 aliphatic carbocycles. The summed E-state index contributed by atoms with van der Waals surface area (Å²) in [6.45, 7) is 0. The van der Waals surface area contributed by atoms with Crippen LogP contribution in [0.2, 0.25) is 0 Å². The van der Waals surface area contributed by atoms with Crippen molar-refractivity contribution < 1.29 is 19.1 Å². The van der Waals surface area contributed by atoms with Gasteiger partial charge in [-0.25, -0.2) is 9.18 Å². The first-order valence-electron chi connectivity index (χ1n) is 5.79. The van der Waals surface area contributed by atoms with E-state index in [2.05, 4.69) is 10.6 Å². The van der Waals surface area contributed by atoms with Crippen molar-refractivity contribution in [1.29, 1.82) is 0 Å². The molecule has 0 saturated heterocycles. The lowest BCUT2D eigenvalue weighted by atomic mass is 10.1. The summed E-state index contributed by atoms with van der Waals surface area (Å²) in [6.07, 6.45) is 3.56. The van der Waals surface area contributed by atoms with Crippen molar-refractivity contribution in [3.05, 3.63) is 42.2 Å². The lowest BCUT2D eigenvalue weighted by Gasteiger charge is -2.13. The fourth-order valence-electron chi connectivity index (χ4n) is 1.86. The Morgan fingerprint density at radius 3 is 2.47 bits per heavy atom. The van der Waals surface area contributed by atoms with Crippen molar-refractivity contribution >= 4 is 17.7 Å². The van der Waals surface area contributed by atoms with Gasteiger partial charge in [-0.2, -0.15) is 0 Å². The van der Waals surface area contributed by atoms with Crippen molar-refractivity contribution in [2.45, 2.75) is 12.5 Å². The van der Waals surface area contributed by atoms with Crippen LogP contribution in [0.25, 0.3) is 0 Å². The minimum Gasteiger partial charge on any atom is -0.481 e. The number of carboxylic acids is 1. The second-order valence-corrected chi connectivity index (χ2v) is 4.28. The van der Waals surface area contributed by atoms with Crippen molar-refractivity contribution in [1.82, 2.24) is 5.32 Å². The Hall–Kier alpha value is -2.37. The van der Waals surface area contributed by atoms with Crippen LogP contribution in [-0.4, -0.2) is 23.1 Å². The molecule has 1 aromatic carbocycles. The zero-order valence-corrected chi connectivity index (χ0v) is 9.97. The van der Waals surface area contributed by atoms with Gasteiger partial charge in [-0.05, 0) is 30.7 Å². The third-order valence-electron chi connectivity index (χ3n) is 2.82. The summed E-state index contributed by atoms with van der Waals surface area (Å²) >= 11 is 0. The van der Waals surface area contributed by atoms with Gasteiger partial charge < -0.3 is 15.7 Å². The molecule has 19 heavy (non-hydrogen) atoms. The maximum atomic E-state index is 12.7. The first kappa shape index (κ1) is 13.1. The van der Waals surface area contributed by atoms with E-state index >= 15 is 0 Å². The van der Waals surface area contributed by atoms with Gasteiger partial charge in [-0.1, -0.05) is 12.2 Å². The second-order valence-electron chi connectivity index (χ2n) is 4.28. The standard InChI is InChI=1S/C13H13FN2O3/c14-9-2-5-10(6-3-9)15-13(19)16-11-4-1-8(7-11)12(17)18/h1-6,8,11H,7H2,(H,17,18)(H2,15,16,19). The topological polar surface area (TPSA) is 78.4 Å². The highest BCUT2D eigenvalue weighted by Gasteiger charge is 2.25. The highest BCUT2D eigenvalue weighted by molar-refractivity contribution is 5.89. The Morgan fingerprint density at radius 1 is 1.21 bits per heavy atom. The number of nitrogens with one attached hydrogen (secondary N) is 2. The van der Waals surface area contributed by atoms with Crippen molar-refractivity contribution in [2.24, 2.45) is 5.92 Å². The average molecular weight is 264 g/mol. The average Bonchev–Trinajstić information content (AvgIpc) is 2.80. The van der Waals surface area contributed by atoms with E-state index in [0.29, 0.717) is 12.1 Å². The van der Waals surface area contributed by atoms with Crippen LogP contribution in [0, 0.1) is 11.7 Å². The van der Waals surface area contributed by atoms with Crippen LogP contribution in [-0.2, 0) is 4.79 Å². The first-order chi connectivity index (χ1) is 9.04. The van der Waals surface area contributed by atoms with Crippen molar-refractivity contribution in [2.75, 3.05) is 5.32 Å². The molecule has 1 aliphatic rings. The minimum atomic E-state index is -0.903. The number of hydrogen-bond donors (Lipinski definition) is 3. The zero-order valence-electron chi connectivity index (χ0n) is 9.97. The second kappa shape index (κ2) is 5.51. The van der Waals surface area contributed by atoms with Gasteiger partial charge >= 0.3 is 12.0 Å². The Kier molecular flexibility index (Phi) is 3.79. The SMILES string of the molecule is O=C(Nc1ccc(F)cc1)NC1C=CC(C(=O)O)C1. The van der Waals surface area contributed by atoms with Crippen LogP contribution < -0.4 is 10.6 Å². The van der Waals surface area contributed by atoms with E-state index in [-0.39, 0.29) is 11.9 Å². The molecule has 6 heteroatoms. The number of benzene rings is 1. The number of urea groups is 1. The van der Waals surface area contributed by atoms with Crippen LogP contribution >= 0.6 is 0 Å². The molecule has 0 aliphatic heterocycles. The van der Waals surface area contributed by atoms with Gasteiger partial charge in [-0.3, -0.25) is 4.79 Å². The van der Waals surface area contributed by atoms with Gasteiger partial charge in [0.15, 0.2) is 0 Å². The Morgan fingerprint density at radius 2 is 1.89 bits per heavy atom. The summed E-state index contributed by atoms with van der Waals surface area (Å²) in [7, 11) is 0.